The first-order valence-corrected chi connectivity index (χ1v) is 12.4. The van der Waals surface area contributed by atoms with Gasteiger partial charge in [-0.25, -0.2) is 4.98 Å². The van der Waals surface area contributed by atoms with Crippen LogP contribution in [0, 0.1) is 0 Å². The molecule has 1 atom stereocenters. The quantitative estimate of drug-likeness (QED) is 0.610. The number of likely N-dealkylation sites (tertiary alicyclic amines) is 1. The number of thioether (sulfide) groups is 1. The summed E-state index contributed by atoms with van der Waals surface area (Å²) in [7, 11) is 0. The molecule has 0 aliphatic carbocycles. The van der Waals surface area contributed by atoms with Gasteiger partial charge in [0.1, 0.15) is 10.8 Å². The average molecular weight is 428 g/mol. The predicted octanol–water partition coefficient (Wildman–Crippen LogP) is 4.21. The molecule has 4 heterocycles. The second kappa shape index (κ2) is 8.44. The fourth-order valence-corrected chi connectivity index (χ4v) is 6.31. The van der Waals surface area contributed by atoms with Crippen molar-refractivity contribution in [3.63, 3.8) is 0 Å². The van der Waals surface area contributed by atoms with Gasteiger partial charge in [-0.2, -0.15) is 0 Å². The minimum Gasteiger partial charge on any atom is -0.332 e. The Hall–Kier alpha value is -1.93. The van der Waals surface area contributed by atoms with Crippen LogP contribution in [0.15, 0.2) is 24.3 Å². The summed E-state index contributed by atoms with van der Waals surface area (Å²) in [6.45, 7) is 1.82. The first-order chi connectivity index (χ1) is 14.3. The smallest absolute Gasteiger partial charge is 0.233 e. The molecule has 8 heteroatoms. The van der Waals surface area contributed by atoms with E-state index in [1.54, 1.807) is 23.1 Å². The molecule has 2 aromatic heterocycles. The van der Waals surface area contributed by atoms with Gasteiger partial charge in [0.05, 0.1) is 22.0 Å². The molecule has 1 amide bonds. The first kappa shape index (κ1) is 19.1. The molecule has 3 aromatic rings. The molecule has 0 radical (unpaired) electrons. The van der Waals surface area contributed by atoms with Crippen molar-refractivity contribution < 1.29 is 4.79 Å². The van der Waals surface area contributed by atoms with Crippen molar-refractivity contribution in [2.75, 3.05) is 12.3 Å². The van der Waals surface area contributed by atoms with Gasteiger partial charge in [-0.1, -0.05) is 18.6 Å². The highest BCUT2D eigenvalue weighted by Gasteiger charge is 2.34. The number of fused-ring (bicyclic) bond motifs is 2. The van der Waals surface area contributed by atoms with Crippen LogP contribution in [0.2, 0.25) is 0 Å². The van der Waals surface area contributed by atoms with E-state index in [0.717, 1.165) is 60.3 Å². The molecule has 1 fully saturated rings. The number of aryl methyl sites for hydroxylation is 1. The lowest BCUT2D eigenvalue weighted by atomic mass is 10.2. The third kappa shape index (κ3) is 3.92. The number of hydrogen-bond acceptors (Lipinski definition) is 6. The summed E-state index contributed by atoms with van der Waals surface area (Å²) in [5, 5.41) is 10.0. The van der Waals surface area contributed by atoms with Crippen molar-refractivity contribution in [2.24, 2.45) is 0 Å². The molecular formula is C21H25N5OS2. The van der Waals surface area contributed by atoms with Crippen molar-refractivity contribution in [3.05, 3.63) is 40.9 Å². The number of nitrogens with zero attached hydrogens (tertiary/aromatic N) is 5. The molecule has 29 heavy (non-hydrogen) atoms. The molecule has 1 aromatic carbocycles. The van der Waals surface area contributed by atoms with Gasteiger partial charge in [-0.15, -0.1) is 33.3 Å². The van der Waals surface area contributed by atoms with Gasteiger partial charge in [0.25, 0.3) is 0 Å². The number of rotatable bonds is 5. The lowest BCUT2D eigenvalue weighted by Gasteiger charge is -2.24. The Morgan fingerprint density at radius 1 is 1.14 bits per heavy atom. The van der Waals surface area contributed by atoms with Crippen molar-refractivity contribution in [1.82, 2.24) is 24.6 Å². The Morgan fingerprint density at radius 2 is 2.07 bits per heavy atom. The molecule has 2 aliphatic rings. The number of hydrogen-bond donors (Lipinski definition) is 0. The van der Waals surface area contributed by atoms with E-state index in [-0.39, 0.29) is 11.9 Å². The number of para-hydroxylation sites is 1. The largest absolute Gasteiger partial charge is 0.332 e. The van der Waals surface area contributed by atoms with Gasteiger partial charge >= 0.3 is 0 Å². The van der Waals surface area contributed by atoms with E-state index in [2.05, 4.69) is 25.8 Å². The number of aromatic nitrogens is 4. The molecule has 1 unspecified atom stereocenters. The second-order valence-corrected chi connectivity index (χ2v) is 9.85. The maximum atomic E-state index is 13.0. The summed E-state index contributed by atoms with van der Waals surface area (Å²) < 4.78 is 3.50. The highest BCUT2D eigenvalue weighted by atomic mass is 32.2. The summed E-state index contributed by atoms with van der Waals surface area (Å²) in [4.78, 5) is 19.7. The highest BCUT2D eigenvalue weighted by molar-refractivity contribution is 7.99. The number of amides is 1. The Kier molecular flexibility index (Phi) is 5.54. The Morgan fingerprint density at radius 3 is 3.00 bits per heavy atom. The standard InChI is InChI=1S/C21H25N5OS2/c27-20(14-28-13-19-22-15-7-3-4-9-17(15)29-19)25-12-6-8-16(25)21-24-23-18-10-2-1-5-11-26(18)21/h3-4,7,9,16H,1-2,5-6,8,10-14H2. The molecule has 6 nitrogen and oxygen atoms in total. The first-order valence-electron chi connectivity index (χ1n) is 10.4. The molecule has 5 rings (SSSR count). The number of carbonyl (C=O) groups is 1. The average Bonchev–Trinajstić information content (AvgIpc) is 3.42. The predicted molar refractivity (Wildman–Crippen MR) is 117 cm³/mol. The maximum Gasteiger partial charge on any atom is 0.233 e. The molecule has 0 N–H and O–H groups in total. The van der Waals surface area contributed by atoms with Gasteiger partial charge in [0.2, 0.25) is 5.91 Å². The summed E-state index contributed by atoms with van der Waals surface area (Å²) in [6, 6.07) is 8.29. The maximum absolute atomic E-state index is 13.0. The summed E-state index contributed by atoms with van der Waals surface area (Å²) >= 11 is 3.38. The second-order valence-electron chi connectivity index (χ2n) is 7.75. The van der Waals surface area contributed by atoms with Crippen molar-refractivity contribution in [3.8, 4) is 0 Å². The lowest BCUT2D eigenvalue weighted by molar-refractivity contribution is -0.129. The van der Waals surface area contributed by atoms with E-state index in [9.17, 15) is 4.79 Å². The van der Waals surface area contributed by atoms with Crippen molar-refractivity contribution in [2.45, 2.75) is 56.9 Å². The minimum atomic E-state index is 0.0879. The number of thiazole rings is 1. The number of carbonyl (C=O) groups excluding carboxylic acids is 1. The summed E-state index contributed by atoms with van der Waals surface area (Å²) in [5.41, 5.74) is 1.05. The van der Waals surface area contributed by atoms with Gasteiger partial charge < -0.3 is 9.47 Å². The van der Waals surface area contributed by atoms with Crippen LogP contribution in [-0.4, -0.2) is 42.9 Å². The number of benzene rings is 1. The fourth-order valence-electron chi connectivity index (χ4n) is 4.38. The van der Waals surface area contributed by atoms with Crippen LogP contribution in [0.1, 0.15) is 54.8 Å². The van der Waals surface area contributed by atoms with Gasteiger partial charge in [0, 0.05) is 25.3 Å². The molecule has 0 spiro atoms. The third-order valence-corrected chi connectivity index (χ3v) is 7.95. The zero-order valence-electron chi connectivity index (χ0n) is 16.4. The van der Waals surface area contributed by atoms with E-state index in [0.29, 0.717) is 5.75 Å². The van der Waals surface area contributed by atoms with Crippen molar-refractivity contribution >= 4 is 39.2 Å². The van der Waals surface area contributed by atoms with E-state index < -0.39 is 0 Å². The van der Waals surface area contributed by atoms with Crippen LogP contribution in [0.25, 0.3) is 10.2 Å². The molecule has 152 valence electrons. The monoisotopic (exact) mass is 427 g/mol. The molecule has 1 saturated heterocycles. The zero-order chi connectivity index (χ0) is 19.6. The van der Waals surface area contributed by atoms with Crippen LogP contribution >= 0.6 is 23.1 Å². The third-order valence-electron chi connectivity index (χ3n) is 5.80. The van der Waals surface area contributed by atoms with Gasteiger partial charge in [-0.3, -0.25) is 4.79 Å². The van der Waals surface area contributed by atoms with Crippen LogP contribution in [0.4, 0.5) is 0 Å². The summed E-state index contributed by atoms with van der Waals surface area (Å²) in [6.07, 6.45) is 6.66. The van der Waals surface area contributed by atoms with Crippen LogP contribution in [0.3, 0.4) is 0 Å². The van der Waals surface area contributed by atoms with Gasteiger partial charge in [-0.05, 0) is 37.8 Å². The fraction of sp³-hybridized carbons (Fsp3) is 0.524. The minimum absolute atomic E-state index is 0.0879. The van der Waals surface area contributed by atoms with E-state index in [1.165, 1.54) is 24.0 Å². The van der Waals surface area contributed by atoms with Crippen molar-refractivity contribution in [1.29, 1.82) is 0 Å². The van der Waals surface area contributed by atoms with E-state index in [1.807, 2.05) is 23.1 Å². The van der Waals surface area contributed by atoms with E-state index >= 15 is 0 Å². The van der Waals surface area contributed by atoms with Crippen LogP contribution < -0.4 is 0 Å². The topological polar surface area (TPSA) is 63.9 Å². The molecule has 2 aliphatic heterocycles. The molecular weight excluding hydrogens is 402 g/mol. The Bertz CT molecular complexity index is 981. The SMILES string of the molecule is O=C(CSCc1nc2ccccc2s1)N1CCCC1c1nnc2n1CCCCC2. The molecule has 0 bridgehead atoms. The summed E-state index contributed by atoms with van der Waals surface area (Å²) in [5.74, 6) is 3.59. The molecule has 0 saturated carbocycles. The van der Waals surface area contributed by atoms with Crippen LogP contribution in [-0.2, 0) is 23.5 Å². The highest BCUT2D eigenvalue weighted by Crippen LogP contribution is 2.33. The lowest BCUT2D eigenvalue weighted by Crippen LogP contribution is -2.33. The van der Waals surface area contributed by atoms with Gasteiger partial charge in [0.15, 0.2) is 5.82 Å². The van der Waals surface area contributed by atoms with Crippen LogP contribution in [0.5, 0.6) is 0 Å². The van der Waals surface area contributed by atoms with E-state index in [4.69, 9.17) is 0 Å². The Balaban J connectivity index is 1.23. The Labute approximate surface area is 178 Å². The zero-order valence-corrected chi connectivity index (χ0v) is 18.1. The normalized spacial score (nSPS) is 19.4.